The van der Waals surface area contributed by atoms with Crippen LogP contribution in [0, 0.1) is 5.92 Å². The molecule has 0 saturated heterocycles. The Kier molecular flexibility index (Phi) is 8.68. The Labute approximate surface area is 107 Å². The number of aliphatic carboxylic acids is 1. The maximum Gasteiger partial charge on any atom is 0.303 e. The topological polar surface area (TPSA) is 66.8 Å². The predicted molar refractivity (Wildman–Crippen MR) is 71.3 cm³/mol. The van der Waals surface area contributed by atoms with Crippen LogP contribution in [0.3, 0.4) is 0 Å². The Hall–Kier alpha value is 0.390. The molecule has 0 aliphatic rings. The average molecular weight is 286 g/mol. The maximum absolute atomic E-state index is 10.5. The van der Waals surface area contributed by atoms with Gasteiger partial charge in [-0.2, -0.15) is 0 Å². The summed E-state index contributed by atoms with van der Waals surface area (Å²) in [6.45, 7) is 2.38. The molecule has 0 fully saturated rings. The molecule has 0 amide bonds. The Morgan fingerprint density at radius 1 is 1.56 bits per heavy atom. The van der Waals surface area contributed by atoms with Crippen LogP contribution in [0.1, 0.15) is 39.0 Å². The van der Waals surface area contributed by atoms with E-state index in [2.05, 4.69) is 24.1 Å². The molecule has 2 atom stereocenters. The quantitative estimate of drug-likeness (QED) is 0.345. The van der Waals surface area contributed by atoms with E-state index in [4.69, 9.17) is 14.5 Å². The number of rotatable bonds is 9. The number of hydrogen-bond acceptors (Lipinski definition) is 3. The van der Waals surface area contributed by atoms with E-state index in [1.807, 2.05) is 6.92 Å². The summed E-state index contributed by atoms with van der Waals surface area (Å²) in [5.74, 6) is -0.519. The van der Waals surface area contributed by atoms with Crippen molar-refractivity contribution in [3.63, 3.8) is 0 Å². The molecule has 0 aliphatic carbocycles. The van der Waals surface area contributed by atoms with Crippen LogP contribution in [-0.2, 0) is 21.1 Å². The Bertz CT molecular complexity index is 254. The largest absolute Gasteiger partial charge is 0.481 e. The first-order chi connectivity index (χ1) is 7.35. The van der Waals surface area contributed by atoms with Gasteiger partial charge in [-0.3, -0.25) is 4.79 Å². The van der Waals surface area contributed by atoms with Gasteiger partial charge >= 0.3 is 5.97 Å². The zero-order chi connectivity index (χ0) is 12.6. The molecule has 0 aromatic carbocycles. The molecule has 7 heteroatoms. The zero-order valence-corrected chi connectivity index (χ0v) is 11.9. The normalized spacial score (nSPS) is 16.7. The highest BCUT2D eigenvalue weighted by Gasteiger charge is 2.11. The van der Waals surface area contributed by atoms with Crippen molar-refractivity contribution in [2.75, 3.05) is 6.61 Å². The number of carboxylic acids is 1. The molecular formula is C9H19O4PS2. The molecule has 96 valence electrons. The van der Waals surface area contributed by atoms with E-state index in [0.29, 0.717) is 6.61 Å². The molecule has 2 N–H and O–H groups in total. The molecule has 0 aromatic rings. The van der Waals surface area contributed by atoms with Crippen LogP contribution in [0.2, 0.25) is 0 Å². The molecule has 0 aromatic heterocycles. The molecule has 0 aliphatic heterocycles. The lowest BCUT2D eigenvalue weighted by Gasteiger charge is -2.12. The molecule has 4 nitrogen and oxygen atoms in total. The summed E-state index contributed by atoms with van der Waals surface area (Å²) < 4.78 is 4.96. The van der Waals surface area contributed by atoms with Gasteiger partial charge in [0.1, 0.15) is 0 Å². The van der Waals surface area contributed by atoms with E-state index < -0.39 is 11.7 Å². The highest BCUT2D eigenvalue weighted by Crippen LogP contribution is 2.47. The van der Waals surface area contributed by atoms with Crippen molar-refractivity contribution in [3.8, 4) is 0 Å². The Morgan fingerprint density at radius 3 is 2.62 bits per heavy atom. The van der Waals surface area contributed by atoms with Crippen molar-refractivity contribution in [1.82, 2.24) is 0 Å². The van der Waals surface area contributed by atoms with Gasteiger partial charge in [-0.15, -0.1) is 0 Å². The van der Waals surface area contributed by atoms with Gasteiger partial charge in [0, 0.05) is 6.42 Å². The summed E-state index contributed by atoms with van der Waals surface area (Å²) in [7, 11) is 0. The third-order valence-electron chi connectivity index (χ3n) is 2.31. The van der Waals surface area contributed by atoms with E-state index in [9.17, 15) is 4.79 Å². The molecule has 0 saturated carbocycles. The van der Waals surface area contributed by atoms with Gasteiger partial charge in [0.05, 0.1) is 6.61 Å². The minimum atomic E-state index is -2.83. The molecule has 2 unspecified atom stereocenters. The SMILES string of the molecule is CCC(CCCCOP(O)(=S)S)CC(=O)O. The molecule has 0 radical (unpaired) electrons. The molecule has 16 heavy (non-hydrogen) atoms. The highest BCUT2D eigenvalue weighted by molar-refractivity contribution is 8.59. The summed E-state index contributed by atoms with van der Waals surface area (Å²) in [6.07, 6.45) is 3.62. The van der Waals surface area contributed by atoms with Crippen molar-refractivity contribution in [1.29, 1.82) is 0 Å². The minimum Gasteiger partial charge on any atom is -0.481 e. The van der Waals surface area contributed by atoms with Crippen molar-refractivity contribution in [2.24, 2.45) is 5.92 Å². The van der Waals surface area contributed by atoms with E-state index in [-0.39, 0.29) is 12.3 Å². The smallest absolute Gasteiger partial charge is 0.303 e. The minimum absolute atomic E-state index is 0.224. The summed E-state index contributed by atoms with van der Waals surface area (Å²) >= 11 is 8.34. The van der Waals surface area contributed by atoms with Crippen LogP contribution in [0.4, 0.5) is 0 Å². The van der Waals surface area contributed by atoms with Crippen LogP contribution >= 0.6 is 17.9 Å². The van der Waals surface area contributed by atoms with E-state index in [1.54, 1.807) is 0 Å². The summed E-state index contributed by atoms with van der Waals surface area (Å²) in [5.41, 5.74) is -2.83. The van der Waals surface area contributed by atoms with Crippen LogP contribution < -0.4 is 0 Å². The molecule has 0 heterocycles. The second-order valence-corrected chi connectivity index (χ2v) is 8.85. The lowest BCUT2D eigenvalue weighted by atomic mass is 9.96. The summed E-state index contributed by atoms with van der Waals surface area (Å²) in [5, 5.41) is 8.65. The summed E-state index contributed by atoms with van der Waals surface area (Å²) in [6, 6.07) is 0. The first-order valence-electron chi connectivity index (χ1n) is 5.27. The van der Waals surface area contributed by atoms with Crippen molar-refractivity contribution in [3.05, 3.63) is 0 Å². The second kappa shape index (κ2) is 8.48. The number of thiol groups is 1. The third-order valence-corrected chi connectivity index (χ3v) is 3.49. The van der Waals surface area contributed by atoms with Crippen LogP contribution in [0.15, 0.2) is 0 Å². The number of hydrogen-bond donors (Lipinski definition) is 3. The van der Waals surface area contributed by atoms with Crippen molar-refractivity contribution in [2.45, 2.75) is 39.0 Å². The fourth-order valence-corrected chi connectivity index (χ4v) is 2.25. The molecular weight excluding hydrogens is 267 g/mol. The fraction of sp³-hybridized carbons (Fsp3) is 0.889. The van der Waals surface area contributed by atoms with Crippen LogP contribution in [-0.4, -0.2) is 22.6 Å². The van der Waals surface area contributed by atoms with Crippen LogP contribution in [0.25, 0.3) is 0 Å². The van der Waals surface area contributed by atoms with Gasteiger partial charge < -0.3 is 14.5 Å². The van der Waals surface area contributed by atoms with Gasteiger partial charge in [-0.05, 0) is 30.6 Å². The highest BCUT2D eigenvalue weighted by atomic mass is 32.9. The molecule has 0 spiro atoms. The predicted octanol–water partition coefficient (Wildman–Crippen LogP) is 2.82. The first-order valence-corrected chi connectivity index (χ1v) is 9.09. The van der Waals surface area contributed by atoms with E-state index in [0.717, 1.165) is 25.7 Å². The molecule has 0 rings (SSSR count). The van der Waals surface area contributed by atoms with Gasteiger partial charge in [0.25, 0.3) is 0 Å². The zero-order valence-electron chi connectivity index (χ0n) is 9.33. The second-order valence-electron chi connectivity index (χ2n) is 3.69. The van der Waals surface area contributed by atoms with Gasteiger partial charge in [-0.1, -0.05) is 32.0 Å². The monoisotopic (exact) mass is 286 g/mol. The van der Waals surface area contributed by atoms with E-state index >= 15 is 0 Å². The number of carboxylic acid groups (broad SMARTS) is 1. The first kappa shape index (κ1) is 16.4. The fourth-order valence-electron chi connectivity index (χ4n) is 1.42. The van der Waals surface area contributed by atoms with Crippen LogP contribution in [0.5, 0.6) is 0 Å². The third kappa shape index (κ3) is 10.9. The van der Waals surface area contributed by atoms with E-state index in [1.165, 1.54) is 0 Å². The molecule has 0 bridgehead atoms. The van der Waals surface area contributed by atoms with Gasteiger partial charge in [0.15, 0.2) is 0 Å². The number of unbranched alkanes of at least 4 members (excludes halogenated alkanes) is 1. The summed E-state index contributed by atoms with van der Waals surface area (Å²) in [4.78, 5) is 19.6. The van der Waals surface area contributed by atoms with Crippen molar-refractivity contribution < 1.29 is 19.3 Å². The standard InChI is InChI=1S/C9H19O4PS2/c1-2-8(7-9(10)11)5-3-4-6-13-14(12,15)16/h8H,2-7H2,1H3,(H,10,11)(H2,12,15,16). The number of carbonyl (C=O) groups is 1. The van der Waals surface area contributed by atoms with Gasteiger partial charge in [-0.25, -0.2) is 0 Å². The average Bonchev–Trinajstić information content (AvgIpc) is 2.13. The van der Waals surface area contributed by atoms with Crippen molar-refractivity contribution >= 4 is 35.7 Å². The van der Waals surface area contributed by atoms with Gasteiger partial charge in [0.2, 0.25) is 5.69 Å². The Balaban J connectivity index is 3.56. The lowest BCUT2D eigenvalue weighted by Crippen LogP contribution is -2.07. The Morgan fingerprint density at radius 2 is 2.19 bits per heavy atom. The maximum atomic E-state index is 10.5. The lowest BCUT2D eigenvalue weighted by molar-refractivity contribution is -0.138.